The van der Waals surface area contributed by atoms with E-state index in [0.717, 1.165) is 16.6 Å². The fourth-order valence-corrected chi connectivity index (χ4v) is 2.40. The molecule has 0 fully saturated rings. The molecule has 0 radical (unpaired) electrons. The minimum Gasteiger partial charge on any atom is -0.354 e. The highest BCUT2D eigenvalue weighted by Crippen LogP contribution is 2.11. The Hall–Kier alpha value is -3.15. The molecule has 0 saturated carbocycles. The Morgan fingerprint density at radius 2 is 1.88 bits per heavy atom. The first-order chi connectivity index (χ1) is 11.7. The number of aromatic nitrogens is 2. The van der Waals surface area contributed by atoms with Gasteiger partial charge in [-0.25, -0.2) is 4.98 Å². The average molecular weight is 322 g/mol. The second-order valence-electron chi connectivity index (χ2n) is 5.40. The van der Waals surface area contributed by atoms with Crippen LogP contribution in [-0.4, -0.2) is 34.9 Å². The summed E-state index contributed by atoms with van der Waals surface area (Å²) in [5, 5.41) is 5.40. The molecule has 6 nitrogen and oxygen atoms in total. The van der Waals surface area contributed by atoms with E-state index in [4.69, 9.17) is 0 Å². The molecule has 0 aliphatic heterocycles. The molecule has 0 spiro atoms. The fourth-order valence-electron chi connectivity index (χ4n) is 2.40. The van der Waals surface area contributed by atoms with Gasteiger partial charge in [-0.3, -0.25) is 9.59 Å². The van der Waals surface area contributed by atoms with Crippen molar-refractivity contribution in [1.29, 1.82) is 0 Å². The van der Waals surface area contributed by atoms with E-state index in [1.54, 1.807) is 30.6 Å². The van der Waals surface area contributed by atoms with Crippen molar-refractivity contribution in [3.05, 3.63) is 66.0 Å². The number of carbonyl (C=O) groups excluding carboxylic acids is 2. The highest BCUT2D eigenvalue weighted by Gasteiger charge is 2.07. The molecule has 3 aromatic rings. The van der Waals surface area contributed by atoms with Crippen molar-refractivity contribution in [2.45, 2.75) is 6.42 Å². The van der Waals surface area contributed by atoms with Crippen LogP contribution in [0.25, 0.3) is 11.0 Å². The average Bonchev–Trinajstić information content (AvgIpc) is 3.08. The fraction of sp³-hybridized carbons (Fsp3) is 0.167. The number of carbonyl (C=O) groups is 2. The maximum atomic E-state index is 11.8. The maximum absolute atomic E-state index is 11.8. The van der Waals surface area contributed by atoms with Crippen LogP contribution >= 0.6 is 0 Å². The molecule has 24 heavy (non-hydrogen) atoms. The molecule has 0 saturated heterocycles. The lowest BCUT2D eigenvalue weighted by Crippen LogP contribution is -2.37. The van der Waals surface area contributed by atoms with Crippen LogP contribution in [0.3, 0.4) is 0 Å². The van der Waals surface area contributed by atoms with Crippen LogP contribution in [0.2, 0.25) is 0 Å². The summed E-state index contributed by atoms with van der Waals surface area (Å²) < 4.78 is 0. The molecular weight excluding hydrogens is 304 g/mol. The van der Waals surface area contributed by atoms with E-state index in [-0.39, 0.29) is 18.4 Å². The van der Waals surface area contributed by atoms with Crippen molar-refractivity contribution in [3.8, 4) is 0 Å². The molecule has 0 bridgehead atoms. The molecule has 0 atom stereocenters. The van der Waals surface area contributed by atoms with Crippen molar-refractivity contribution in [3.63, 3.8) is 0 Å². The summed E-state index contributed by atoms with van der Waals surface area (Å²) in [5.41, 5.74) is 3.55. The topological polar surface area (TPSA) is 86.9 Å². The smallest absolute Gasteiger partial charge is 0.251 e. The molecule has 0 aliphatic carbocycles. The number of hydrogen-bond acceptors (Lipinski definition) is 3. The van der Waals surface area contributed by atoms with Crippen LogP contribution in [0.15, 0.2) is 54.9 Å². The van der Waals surface area contributed by atoms with Gasteiger partial charge >= 0.3 is 0 Å². The number of fused-ring (bicyclic) bond motifs is 1. The van der Waals surface area contributed by atoms with E-state index in [9.17, 15) is 9.59 Å². The zero-order chi connectivity index (χ0) is 16.8. The minimum absolute atomic E-state index is 0.0344. The van der Waals surface area contributed by atoms with Crippen molar-refractivity contribution in [2.75, 3.05) is 13.1 Å². The van der Waals surface area contributed by atoms with Gasteiger partial charge in [0.25, 0.3) is 5.91 Å². The van der Waals surface area contributed by atoms with Crippen LogP contribution < -0.4 is 10.6 Å². The first-order valence-corrected chi connectivity index (χ1v) is 7.74. The third-order valence-corrected chi connectivity index (χ3v) is 3.67. The lowest BCUT2D eigenvalue weighted by Gasteiger charge is -2.07. The molecule has 0 unspecified atom stereocenters. The summed E-state index contributed by atoms with van der Waals surface area (Å²) >= 11 is 0. The second kappa shape index (κ2) is 7.41. The normalized spacial score (nSPS) is 10.5. The van der Waals surface area contributed by atoms with Gasteiger partial charge in [-0.05, 0) is 36.2 Å². The van der Waals surface area contributed by atoms with E-state index >= 15 is 0 Å². The summed E-state index contributed by atoms with van der Waals surface area (Å²) in [6.45, 7) is 0.479. The van der Waals surface area contributed by atoms with Gasteiger partial charge in [-0.2, -0.15) is 0 Å². The zero-order valence-corrected chi connectivity index (χ0v) is 13.1. The quantitative estimate of drug-likeness (QED) is 0.645. The second-order valence-corrected chi connectivity index (χ2v) is 5.40. The number of nitrogens with one attached hydrogen (secondary N) is 3. The van der Waals surface area contributed by atoms with Crippen LogP contribution in [0, 0.1) is 0 Å². The largest absolute Gasteiger partial charge is 0.354 e. The molecule has 122 valence electrons. The predicted molar refractivity (Wildman–Crippen MR) is 91.6 cm³/mol. The van der Waals surface area contributed by atoms with E-state index in [1.807, 2.05) is 24.3 Å². The number of rotatable bonds is 6. The van der Waals surface area contributed by atoms with Crippen LogP contribution in [-0.2, 0) is 11.2 Å². The Morgan fingerprint density at radius 3 is 2.71 bits per heavy atom. The van der Waals surface area contributed by atoms with Gasteiger partial charge in [0.1, 0.15) is 0 Å². The predicted octanol–water partition coefficient (Wildman–Crippen LogP) is 1.65. The number of amides is 2. The van der Waals surface area contributed by atoms with Gasteiger partial charge in [0, 0.05) is 12.1 Å². The SMILES string of the molecule is O=C(CNC(=O)c1ccccc1)NCCc1ccc2nc[nH]c2c1. The highest BCUT2D eigenvalue weighted by atomic mass is 16.2. The first kappa shape index (κ1) is 15.7. The van der Waals surface area contributed by atoms with Crippen LogP contribution in [0.1, 0.15) is 15.9 Å². The lowest BCUT2D eigenvalue weighted by atomic mass is 10.1. The van der Waals surface area contributed by atoms with E-state index in [2.05, 4.69) is 20.6 Å². The standard InChI is InChI=1S/C18H18N4O2/c23-17(11-20-18(24)14-4-2-1-3-5-14)19-9-8-13-6-7-15-16(10-13)22-12-21-15/h1-7,10,12H,8-9,11H2,(H,19,23)(H,20,24)(H,21,22). The Kier molecular flexibility index (Phi) is 4.86. The molecule has 2 aromatic carbocycles. The van der Waals surface area contributed by atoms with E-state index in [1.165, 1.54) is 0 Å². The number of nitrogens with zero attached hydrogens (tertiary/aromatic N) is 1. The Balaban J connectivity index is 1.41. The summed E-state index contributed by atoms with van der Waals surface area (Å²) in [5.74, 6) is -0.461. The summed E-state index contributed by atoms with van der Waals surface area (Å²) in [7, 11) is 0. The molecule has 1 heterocycles. The summed E-state index contributed by atoms with van der Waals surface area (Å²) in [6, 6.07) is 14.8. The molecule has 0 aliphatic rings. The van der Waals surface area contributed by atoms with Gasteiger partial charge in [0.15, 0.2) is 0 Å². The molecule has 2 amide bonds. The molecular formula is C18H18N4O2. The molecule has 3 N–H and O–H groups in total. The van der Waals surface area contributed by atoms with E-state index in [0.29, 0.717) is 18.5 Å². The monoisotopic (exact) mass is 322 g/mol. The van der Waals surface area contributed by atoms with Crippen molar-refractivity contribution < 1.29 is 9.59 Å². The van der Waals surface area contributed by atoms with Gasteiger partial charge in [-0.15, -0.1) is 0 Å². The molecule has 1 aromatic heterocycles. The highest BCUT2D eigenvalue weighted by molar-refractivity contribution is 5.96. The lowest BCUT2D eigenvalue weighted by molar-refractivity contribution is -0.120. The van der Waals surface area contributed by atoms with Gasteiger partial charge in [-0.1, -0.05) is 24.3 Å². The number of H-pyrrole nitrogens is 1. The minimum atomic E-state index is -0.254. The summed E-state index contributed by atoms with van der Waals surface area (Å²) in [6.07, 6.45) is 2.37. The Bertz CT molecular complexity index is 842. The van der Waals surface area contributed by atoms with Gasteiger partial charge < -0.3 is 15.6 Å². The van der Waals surface area contributed by atoms with Crippen LogP contribution in [0.4, 0.5) is 0 Å². The first-order valence-electron chi connectivity index (χ1n) is 7.74. The Labute approximate surface area is 139 Å². The molecule has 6 heteroatoms. The van der Waals surface area contributed by atoms with Crippen molar-refractivity contribution >= 4 is 22.8 Å². The van der Waals surface area contributed by atoms with Crippen molar-refractivity contribution in [1.82, 2.24) is 20.6 Å². The Morgan fingerprint density at radius 1 is 1.04 bits per heavy atom. The van der Waals surface area contributed by atoms with Gasteiger partial charge in [0.05, 0.1) is 23.9 Å². The molecule has 3 rings (SSSR count). The number of aromatic amines is 1. The number of benzene rings is 2. The third kappa shape index (κ3) is 3.98. The number of hydrogen-bond donors (Lipinski definition) is 3. The zero-order valence-electron chi connectivity index (χ0n) is 13.1. The summed E-state index contributed by atoms with van der Waals surface area (Å²) in [4.78, 5) is 30.9. The third-order valence-electron chi connectivity index (χ3n) is 3.67. The van der Waals surface area contributed by atoms with E-state index < -0.39 is 0 Å². The maximum Gasteiger partial charge on any atom is 0.251 e. The van der Waals surface area contributed by atoms with Gasteiger partial charge in [0.2, 0.25) is 5.91 Å². The van der Waals surface area contributed by atoms with Crippen molar-refractivity contribution in [2.24, 2.45) is 0 Å². The van der Waals surface area contributed by atoms with Crippen LogP contribution in [0.5, 0.6) is 0 Å². The number of imidazole rings is 1.